The van der Waals surface area contributed by atoms with Crippen molar-refractivity contribution >= 4 is 22.8 Å². The molecule has 0 aliphatic heterocycles. The van der Waals surface area contributed by atoms with Crippen molar-refractivity contribution in [2.75, 3.05) is 5.32 Å². The average Bonchev–Trinajstić information content (AvgIpc) is 2.84. The molecular formula is C14H14N6O2. The lowest BCUT2D eigenvalue weighted by molar-refractivity contribution is -0.116. The molecular weight excluding hydrogens is 284 g/mol. The molecule has 0 radical (unpaired) electrons. The van der Waals surface area contributed by atoms with E-state index in [1.807, 2.05) is 25.1 Å². The van der Waals surface area contributed by atoms with Gasteiger partial charge in [-0.15, -0.1) is 5.10 Å². The fourth-order valence-corrected chi connectivity index (χ4v) is 2.14. The minimum atomic E-state index is -0.391. The molecule has 0 unspecified atom stereocenters. The highest BCUT2D eigenvalue weighted by Crippen LogP contribution is 2.09. The van der Waals surface area contributed by atoms with Crippen molar-refractivity contribution in [2.24, 2.45) is 7.05 Å². The zero-order valence-corrected chi connectivity index (χ0v) is 12.1. The third kappa shape index (κ3) is 2.58. The molecule has 0 aliphatic carbocycles. The van der Waals surface area contributed by atoms with Crippen molar-refractivity contribution in [3.63, 3.8) is 0 Å². The third-order valence-corrected chi connectivity index (χ3v) is 3.20. The Morgan fingerprint density at radius 1 is 1.36 bits per heavy atom. The van der Waals surface area contributed by atoms with Crippen LogP contribution in [-0.2, 0) is 18.4 Å². The largest absolute Gasteiger partial charge is 0.325 e. The zero-order chi connectivity index (χ0) is 15.7. The van der Waals surface area contributed by atoms with Gasteiger partial charge >= 0.3 is 0 Å². The van der Waals surface area contributed by atoms with Gasteiger partial charge in [-0.3, -0.25) is 14.2 Å². The predicted octanol–water partition coefficient (Wildman–Crippen LogP) is 0.472. The van der Waals surface area contributed by atoms with Crippen LogP contribution in [0.2, 0.25) is 0 Å². The summed E-state index contributed by atoms with van der Waals surface area (Å²) in [6, 6.07) is 7.43. The van der Waals surface area contributed by atoms with Gasteiger partial charge in [0.15, 0.2) is 11.2 Å². The van der Waals surface area contributed by atoms with Gasteiger partial charge in [0.25, 0.3) is 5.56 Å². The Hall–Kier alpha value is -3.03. The molecule has 8 heteroatoms. The van der Waals surface area contributed by atoms with E-state index in [9.17, 15) is 9.59 Å². The van der Waals surface area contributed by atoms with Crippen molar-refractivity contribution in [2.45, 2.75) is 13.5 Å². The number of fused-ring (bicyclic) bond motifs is 1. The van der Waals surface area contributed by atoms with E-state index < -0.39 is 5.56 Å². The second kappa shape index (κ2) is 5.40. The molecule has 3 aromatic rings. The normalized spacial score (nSPS) is 10.8. The first-order valence-electron chi connectivity index (χ1n) is 6.66. The van der Waals surface area contributed by atoms with Crippen molar-refractivity contribution < 1.29 is 4.79 Å². The van der Waals surface area contributed by atoms with Gasteiger partial charge in [0.2, 0.25) is 5.91 Å². The maximum Gasteiger partial charge on any atom is 0.283 e. The SMILES string of the molecule is Cc1cccc(NC(=O)Cn2cnc3c(nnn3C)c2=O)c1. The van der Waals surface area contributed by atoms with E-state index in [1.54, 1.807) is 13.1 Å². The Morgan fingerprint density at radius 3 is 2.95 bits per heavy atom. The van der Waals surface area contributed by atoms with Crippen LogP contribution in [0.25, 0.3) is 11.2 Å². The maximum absolute atomic E-state index is 12.2. The standard InChI is InChI=1S/C14H14N6O2/c1-9-4-3-5-10(6-9)16-11(21)7-20-8-15-13-12(14(20)22)17-18-19(13)2/h3-6,8H,7H2,1-2H3,(H,16,21). The number of rotatable bonds is 3. The minimum absolute atomic E-state index is 0.133. The van der Waals surface area contributed by atoms with Crippen LogP contribution in [0.5, 0.6) is 0 Å². The molecule has 8 nitrogen and oxygen atoms in total. The van der Waals surface area contributed by atoms with Crippen LogP contribution < -0.4 is 10.9 Å². The third-order valence-electron chi connectivity index (χ3n) is 3.20. The van der Waals surface area contributed by atoms with Crippen LogP contribution in [0.4, 0.5) is 5.69 Å². The van der Waals surface area contributed by atoms with Gasteiger partial charge in [0, 0.05) is 12.7 Å². The van der Waals surface area contributed by atoms with E-state index in [0.29, 0.717) is 11.3 Å². The topological polar surface area (TPSA) is 94.7 Å². The van der Waals surface area contributed by atoms with Gasteiger partial charge in [0.05, 0.1) is 0 Å². The average molecular weight is 298 g/mol. The first-order valence-corrected chi connectivity index (χ1v) is 6.66. The number of hydrogen-bond acceptors (Lipinski definition) is 5. The molecule has 0 spiro atoms. The van der Waals surface area contributed by atoms with Gasteiger partial charge in [-0.25, -0.2) is 9.67 Å². The number of hydrogen-bond donors (Lipinski definition) is 1. The van der Waals surface area contributed by atoms with Crippen molar-refractivity contribution in [3.05, 3.63) is 46.5 Å². The highest BCUT2D eigenvalue weighted by atomic mass is 16.2. The fraction of sp³-hybridized carbons (Fsp3) is 0.214. The first kappa shape index (κ1) is 13.9. The molecule has 0 bridgehead atoms. The number of nitrogens with one attached hydrogen (secondary N) is 1. The first-order chi connectivity index (χ1) is 10.5. The van der Waals surface area contributed by atoms with Crippen LogP contribution in [0.15, 0.2) is 35.4 Å². The second-order valence-electron chi connectivity index (χ2n) is 4.98. The number of aryl methyl sites for hydroxylation is 2. The van der Waals surface area contributed by atoms with Gasteiger partial charge in [-0.05, 0) is 24.6 Å². The van der Waals surface area contributed by atoms with Crippen LogP contribution in [0, 0.1) is 6.92 Å². The summed E-state index contributed by atoms with van der Waals surface area (Å²) < 4.78 is 2.62. The van der Waals surface area contributed by atoms with E-state index >= 15 is 0 Å². The van der Waals surface area contributed by atoms with E-state index in [2.05, 4.69) is 20.6 Å². The molecule has 3 rings (SSSR count). The lowest BCUT2D eigenvalue weighted by Gasteiger charge is -2.07. The van der Waals surface area contributed by atoms with Gasteiger partial charge in [-0.2, -0.15) is 0 Å². The Kier molecular flexibility index (Phi) is 3.42. The summed E-state index contributed by atoms with van der Waals surface area (Å²) in [6.45, 7) is 1.80. The van der Waals surface area contributed by atoms with E-state index in [4.69, 9.17) is 0 Å². The number of anilines is 1. The lowest BCUT2D eigenvalue weighted by atomic mass is 10.2. The quantitative estimate of drug-likeness (QED) is 0.758. The molecule has 0 fully saturated rings. The molecule has 1 aromatic carbocycles. The number of benzene rings is 1. The van der Waals surface area contributed by atoms with Crippen molar-refractivity contribution in [1.29, 1.82) is 0 Å². The highest BCUT2D eigenvalue weighted by Gasteiger charge is 2.12. The van der Waals surface area contributed by atoms with Crippen LogP contribution in [0.1, 0.15) is 5.56 Å². The lowest BCUT2D eigenvalue weighted by Crippen LogP contribution is -2.28. The number of carbonyl (C=O) groups excluding carboxylic acids is 1. The number of aromatic nitrogens is 5. The molecule has 2 heterocycles. The number of carbonyl (C=O) groups is 1. The fourth-order valence-electron chi connectivity index (χ4n) is 2.14. The minimum Gasteiger partial charge on any atom is -0.325 e. The van der Waals surface area contributed by atoms with Crippen LogP contribution in [0.3, 0.4) is 0 Å². The molecule has 2 aromatic heterocycles. The monoisotopic (exact) mass is 298 g/mol. The summed E-state index contributed by atoms with van der Waals surface area (Å²) >= 11 is 0. The zero-order valence-electron chi connectivity index (χ0n) is 12.1. The smallest absolute Gasteiger partial charge is 0.283 e. The van der Waals surface area contributed by atoms with Gasteiger partial charge in [-0.1, -0.05) is 17.3 Å². The Labute approximate surface area is 125 Å². The number of nitrogens with zero attached hydrogens (tertiary/aromatic N) is 5. The molecule has 0 atom stereocenters. The molecule has 112 valence electrons. The van der Waals surface area contributed by atoms with Gasteiger partial charge in [0.1, 0.15) is 12.9 Å². The maximum atomic E-state index is 12.2. The molecule has 1 N–H and O–H groups in total. The molecule has 0 aliphatic rings. The molecule has 1 amide bonds. The Morgan fingerprint density at radius 2 is 2.18 bits per heavy atom. The van der Waals surface area contributed by atoms with E-state index in [-0.39, 0.29) is 18.0 Å². The summed E-state index contributed by atoms with van der Waals surface area (Å²) in [5, 5.41) is 10.3. The molecule has 0 saturated carbocycles. The summed E-state index contributed by atoms with van der Waals surface area (Å²) in [5.74, 6) is -0.308. The Bertz CT molecular complexity index is 911. The van der Waals surface area contributed by atoms with Crippen molar-refractivity contribution in [3.8, 4) is 0 Å². The van der Waals surface area contributed by atoms with Crippen LogP contribution in [-0.4, -0.2) is 30.5 Å². The summed E-state index contributed by atoms with van der Waals surface area (Å²) in [7, 11) is 1.65. The van der Waals surface area contributed by atoms with E-state index in [0.717, 1.165) is 5.56 Å². The summed E-state index contributed by atoms with van der Waals surface area (Å²) in [6.07, 6.45) is 1.32. The predicted molar refractivity (Wildman–Crippen MR) is 80.4 cm³/mol. The summed E-state index contributed by atoms with van der Waals surface area (Å²) in [5.41, 5.74) is 1.87. The van der Waals surface area contributed by atoms with Gasteiger partial charge < -0.3 is 5.32 Å². The highest BCUT2D eigenvalue weighted by molar-refractivity contribution is 5.90. The van der Waals surface area contributed by atoms with Crippen LogP contribution >= 0.6 is 0 Å². The molecule has 22 heavy (non-hydrogen) atoms. The molecule has 0 saturated heterocycles. The van der Waals surface area contributed by atoms with E-state index in [1.165, 1.54) is 15.6 Å². The summed E-state index contributed by atoms with van der Waals surface area (Å²) in [4.78, 5) is 28.4. The number of amides is 1. The second-order valence-corrected chi connectivity index (χ2v) is 4.98. The Balaban J connectivity index is 1.82. The van der Waals surface area contributed by atoms with Crippen molar-refractivity contribution in [1.82, 2.24) is 24.5 Å².